The van der Waals surface area contributed by atoms with Crippen molar-refractivity contribution in [2.24, 2.45) is 0 Å². The topological polar surface area (TPSA) is 68.0 Å². The number of amides is 1. The van der Waals surface area contributed by atoms with Gasteiger partial charge in [0.2, 0.25) is 0 Å². The van der Waals surface area contributed by atoms with Gasteiger partial charge in [-0.1, -0.05) is 0 Å². The fourth-order valence-corrected chi connectivity index (χ4v) is 1.75. The zero-order chi connectivity index (χ0) is 13.1. The van der Waals surface area contributed by atoms with Gasteiger partial charge in [0.1, 0.15) is 5.82 Å². The lowest BCUT2D eigenvalue weighted by Crippen LogP contribution is -2.14. The number of benzene rings is 1. The molecular weight excluding hydrogens is 301 g/mol. The van der Waals surface area contributed by atoms with Crippen LogP contribution < -0.4 is 11.1 Å². The Morgan fingerprint density at radius 3 is 2.83 bits per heavy atom. The average molecular weight is 310 g/mol. The first-order chi connectivity index (χ1) is 8.58. The number of nitrogen functional groups attached to an aromatic ring is 1. The van der Waals surface area contributed by atoms with E-state index in [0.717, 1.165) is 0 Å². The predicted molar refractivity (Wildman–Crippen MR) is 70.7 cm³/mol. The number of nitrogens with zero attached hydrogens (tertiary/aromatic N) is 1. The number of hydrogen-bond donors (Lipinski definition) is 2. The predicted octanol–water partition coefficient (Wildman–Crippen LogP) is 2.82. The second kappa shape index (κ2) is 5.14. The number of rotatable bonds is 2. The molecule has 0 unspecified atom stereocenters. The Hall–Kier alpha value is -1.95. The lowest BCUT2D eigenvalue weighted by Gasteiger charge is -2.07. The Morgan fingerprint density at radius 1 is 1.39 bits per heavy atom. The minimum absolute atomic E-state index is 0.276. The first-order valence-electron chi connectivity index (χ1n) is 5.04. The van der Waals surface area contributed by atoms with Crippen molar-refractivity contribution in [3.8, 4) is 0 Å². The van der Waals surface area contributed by atoms with Gasteiger partial charge in [0.05, 0.1) is 10.0 Å². The molecule has 2 rings (SSSR count). The molecule has 18 heavy (non-hydrogen) atoms. The quantitative estimate of drug-likeness (QED) is 0.896. The third kappa shape index (κ3) is 2.65. The van der Waals surface area contributed by atoms with E-state index in [9.17, 15) is 9.18 Å². The summed E-state index contributed by atoms with van der Waals surface area (Å²) in [6, 6.07) is 5.73. The first kappa shape index (κ1) is 12.5. The largest absolute Gasteiger partial charge is 0.398 e. The minimum atomic E-state index is -0.395. The van der Waals surface area contributed by atoms with Crippen molar-refractivity contribution in [2.45, 2.75) is 0 Å². The highest BCUT2D eigenvalue weighted by Gasteiger charge is 2.10. The van der Waals surface area contributed by atoms with Crippen molar-refractivity contribution in [2.75, 3.05) is 11.1 Å². The summed E-state index contributed by atoms with van der Waals surface area (Å²) in [6.45, 7) is 0. The fraction of sp³-hybridized carbons (Fsp3) is 0. The summed E-state index contributed by atoms with van der Waals surface area (Å²) in [6.07, 6.45) is 2.88. The van der Waals surface area contributed by atoms with E-state index in [1.165, 1.54) is 36.7 Å². The Kier molecular flexibility index (Phi) is 3.57. The molecule has 0 saturated heterocycles. The molecule has 1 aromatic carbocycles. The van der Waals surface area contributed by atoms with E-state index in [0.29, 0.717) is 11.4 Å². The molecule has 1 amide bonds. The molecule has 0 saturated carbocycles. The average Bonchev–Trinajstić information content (AvgIpc) is 2.34. The van der Waals surface area contributed by atoms with Gasteiger partial charge in [-0.05, 0) is 40.2 Å². The highest BCUT2D eigenvalue weighted by molar-refractivity contribution is 9.10. The van der Waals surface area contributed by atoms with Crippen molar-refractivity contribution in [3.63, 3.8) is 0 Å². The number of aromatic nitrogens is 1. The van der Waals surface area contributed by atoms with E-state index >= 15 is 0 Å². The van der Waals surface area contributed by atoms with Gasteiger partial charge in [-0.15, -0.1) is 0 Å². The number of pyridine rings is 1. The van der Waals surface area contributed by atoms with Crippen LogP contribution in [0.4, 0.5) is 15.8 Å². The number of hydrogen-bond acceptors (Lipinski definition) is 3. The molecule has 0 aliphatic heterocycles. The van der Waals surface area contributed by atoms with Crippen molar-refractivity contribution < 1.29 is 9.18 Å². The maximum Gasteiger partial charge on any atom is 0.259 e. The molecule has 0 spiro atoms. The number of carbonyl (C=O) groups excluding carboxylic acids is 1. The van der Waals surface area contributed by atoms with Crippen LogP contribution in [0.25, 0.3) is 0 Å². The molecule has 2 aromatic rings. The van der Waals surface area contributed by atoms with Crippen LogP contribution in [0.2, 0.25) is 0 Å². The first-order valence-corrected chi connectivity index (χ1v) is 5.83. The van der Waals surface area contributed by atoms with Crippen LogP contribution in [0.5, 0.6) is 0 Å². The van der Waals surface area contributed by atoms with E-state index < -0.39 is 5.82 Å². The zero-order valence-electron chi connectivity index (χ0n) is 9.15. The normalized spacial score (nSPS) is 10.1. The van der Waals surface area contributed by atoms with E-state index in [2.05, 4.69) is 26.2 Å². The molecule has 0 radical (unpaired) electrons. The number of anilines is 2. The third-order valence-electron chi connectivity index (χ3n) is 2.28. The van der Waals surface area contributed by atoms with Crippen LogP contribution in [0.3, 0.4) is 0 Å². The van der Waals surface area contributed by atoms with Crippen LogP contribution in [-0.2, 0) is 0 Å². The maximum absolute atomic E-state index is 13.0. The summed E-state index contributed by atoms with van der Waals surface area (Å²) in [5.41, 5.74) is 6.74. The number of halogens is 2. The second-order valence-corrected chi connectivity index (χ2v) is 4.40. The van der Waals surface area contributed by atoms with E-state index in [1.807, 2.05) is 0 Å². The second-order valence-electron chi connectivity index (χ2n) is 3.55. The van der Waals surface area contributed by atoms with Crippen molar-refractivity contribution in [1.82, 2.24) is 4.98 Å². The van der Waals surface area contributed by atoms with Gasteiger partial charge in [-0.2, -0.15) is 0 Å². The third-order valence-corrected chi connectivity index (χ3v) is 2.88. The molecule has 0 bridgehead atoms. The van der Waals surface area contributed by atoms with Gasteiger partial charge < -0.3 is 11.1 Å². The number of nitrogens with two attached hydrogens (primary N) is 1. The van der Waals surface area contributed by atoms with Gasteiger partial charge >= 0.3 is 0 Å². The van der Waals surface area contributed by atoms with Gasteiger partial charge in [-0.3, -0.25) is 9.78 Å². The van der Waals surface area contributed by atoms with Gasteiger partial charge in [0.15, 0.2) is 0 Å². The standard InChI is InChI=1S/C12H9BrFN3O/c13-9-5-7(1-2-10(9)14)17-12(18)8-6-16-4-3-11(8)15/h1-6H,(H2,15,16)(H,17,18). The fourth-order valence-electron chi connectivity index (χ4n) is 1.37. The molecular formula is C12H9BrFN3O. The lowest BCUT2D eigenvalue weighted by atomic mass is 10.2. The van der Waals surface area contributed by atoms with Crippen molar-refractivity contribution in [3.05, 3.63) is 52.5 Å². The van der Waals surface area contributed by atoms with Crippen LogP contribution in [0, 0.1) is 5.82 Å². The van der Waals surface area contributed by atoms with E-state index in [-0.39, 0.29) is 15.9 Å². The van der Waals surface area contributed by atoms with Crippen molar-refractivity contribution >= 4 is 33.2 Å². The summed E-state index contributed by atoms with van der Waals surface area (Å²) < 4.78 is 13.3. The maximum atomic E-state index is 13.0. The van der Waals surface area contributed by atoms with E-state index in [1.54, 1.807) is 0 Å². The molecule has 1 heterocycles. The molecule has 0 atom stereocenters. The van der Waals surface area contributed by atoms with Crippen LogP contribution in [0.15, 0.2) is 41.1 Å². The Labute approximate surface area is 111 Å². The van der Waals surface area contributed by atoms with Crippen molar-refractivity contribution in [1.29, 1.82) is 0 Å². The zero-order valence-corrected chi connectivity index (χ0v) is 10.7. The summed E-state index contributed by atoms with van der Waals surface area (Å²) in [7, 11) is 0. The van der Waals surface area contributed by atoms with Crippen LogP contribution in [0.1, 0.15) is 10.4 Å². The molecule has 0 aliphatic carbocycles. The molecule has 4 nitrogen and oxygen atoms in total. The number of nitrogens with one attached hydrogen (secondary N) is 1. The number of carbonyl (C=O) groups is 1. The Balaban J connectivity index is 2.22. The van der Waals surface area contributed by atoms with E-state index in [4.69, 9.17) is 5.73 Å². The lowest BCUT2D eigenvalue weighted by molar-refractivity contribution is 0.102. The van der Waals surface area contributed by atoms with Gasteiger partial charge in [0, 0.05) is 23.8 Å². The summed E-state index contributed by atoms with van der Waals surface area (Å²) in [5, 5.41) is 2.61. The highest BCUT2D eigenvalue weighted by atomic mass is 79.9. The summed E-state index contributed by atoms with van der Waals surface area (Å²) in [5.74, 6) is -0.784. The van der Waals surface area contributed by atoms with Gasteiger partial charge in [0.25, 0.3) is 5.91 Å². The minimum Gasteiger partial charge on any atom is -0.398 e. The van der Waals surface area contributed by atoms with Gasteiger partial charge in [-0.25, -0.2) is 4.39 Å². The molecule has 0 fully saturated rings. The Morgan fingerprint density at radius 2 is 2.17 bits per heavy atom. The molecule has 1 aromatic heterocycles. The smallest absolute Gasteiger partial charge is 0.259 e. The summed E-state index contributed by atoms with van der Waals surface area (Å²) in [4.78, 5) is 15.7. The highest BCUT2D eigenvalue weighted by Crippen LogP contribution is 2.21. The molecule has 0 aliphatic rings. The summed E-state index contributed by atoms with van der Waals surface area (Å²) >= 11 is 3.04. The molecule has 92 valence electrons. The molecule has 6 heteroatoms. The molecule has 3 N–H and O–H groups in total. The van der Waals surface area contributed by atoms with Crippen LogP contribution >= 0.6 is 15.9 Å². The Bertz CT molecular complexity index is 604. The monoisotopic (exact) mass is 309 g/mol. The van der Waals surface area contributed by atoms with Crippen LogP contribution in [-0.4, -0.2) is 10.9 Å². The SMILES string of the molecule is Nc1ccncc1C(=O)Nc1ccc(F)c(Br)c1.